The SMILES string of the molecule is CCOc1ccc(-c2cncc3cc(/C=C4/SC(=O)NC4=O)oc23)cc1Cl. The fourth-order valence-electron chi connectivity index (χ4n) is 2.75. The van der Waals surface area contributed by atoms with Crippen molar-refractivity contribution in [2.24, 2.45) is 0 Å². The van der Waals surface area contributed by atoms with Gasteiger partial charge in [-0.25, -0.2) is 0 Å². The lowest BCUT2D eigenvalue weighted by Gasteiger charge is -2.08. The molecule has 1 fully saturated rings. The fraction of sp³-hybridized carbons (Fsp3) is 0.105. The molecule has 1 aliphatic heterocycles. The van der Waals surface area contributed by atoms with Gasteiger partial charge in [-0.05, 0) is 42.4 Å². The zero-order chi connectivity index (χ0) is 19.0. The normalized spacial score (nSPS) is 15.6. The molecule has 136 valence electrons. The first-order valence-electron chi connectivity index (χ1n) is 8.10. The van der Waals surface area contributed by atoms with Crippen LogP contribution in [0.4, 0.5) is 4.79 Å². The zero-order valence-corrected chi connectivity index (χ0v) is 15.7. The number of aromatic nitrogens is 1. The molecule has 8 heteroatoms. The van der Waals surface area contributed by atoms with Gasteiger partial charge in [0, 0.05) is 29.4 Å². The van der Waals surface area contributed by atoms with Gasteiger partial charge >= 0.3 is 0 Å². The molecule has 2 amide bonds. The summed E-state index contributed by atoms with van der Waals surface area (Å²) in [5, 5.41) is 3.10. The molecule has 1 N–H and O–H groups in total. The van der Waals surface area contributed by atoms with Gasteiger partial charge in [-0.1, -0.05) is 17.7 Å². The van der Waals surface area contributed by atoms with Gasteiger partial charge in [0.25, 0.3) is 11.1 Å². The van der Waals surface area contributed by atoms with E-state index in [4.69, 9.17) is 20.8 Å². The Bertz CT molecular complexity index is 1110. The molecule has 2 aromatic heterocycles. The topological polar surface area (TPSA) is 81.4 Å². The van der Waals surface area contributed by atoms with Gasteiger partial charge in [0.15, 0.2) is 0 Å². The van der Waals surface area contributed by atoms with Crippen molar-refractivity contribution in [2.45, 2.75) is 6.92 Å². The molecule has 1 saturated heterocycles. The second-order valence-corrected chi connectivity index (χ2v) is 7.11. The number of fused-ring (bicyclic) bond motifs is 1. The van der Waals surface area contributed by atoms with Crippen molar-refractivity contribution in [2.75, 3.05) is 6.61 Å². The fourth-order valence-corrected chi connectivity index (χ4v) is 3.65. The van der Waals surface area contributed by atoms with Crippen LogP contribution in [0.1, 0.15) is 12.7 Å². The van der Waals surface area contributed by atoms with Crippen LogP contribution in [0.25, 0.3) is 28.2 Å². The highest BCUT2D eigenvalue weighted by molar-refractivity contribution is 8.18. The van der Waals surface area contributed by atoms with Gasteiger partial charge in [-0.15, -0.1) is 0 Å². The number of benzene rings is 1. The molecule has 3 aromatic rings. The Morgan fingerprint density at radius 1 is 1.30 bits per heavy atom. The van der Waals surface area contributed by atoms with Crippen LogP contribution in [0.2, 0.25) is 5.02 Å². The Kier molecular flexibility index (Phi) is 4.63. The Balaban J connectivity index is 1.76. The van der Waals surface area contributed by atoms with E-state index in [1.807, 2.05) is 13.0 Å². The summed E-state index contributed by atoms with van der Waals surface area (Å²) >= 11 is 7.13. The molecule has 0 spiro atoms. The lowest BCUT2D eigenvalue weighted by atomic mass is 10.1. The summed E-state index contributed by atoms with van der Waals surface area (Å²) in [6.45, 7) is 2.42. The number of pyridine rings is 1. The minimum absolute atomic E-state index is 0.290. The standard InChI is InChI=1S/C19H13ClN2O4S/c1-2-25-15-4-3-10(6-14(15)20)13-9-21-8-11-5-12(26-17(11)13)7-16-18(23)22-19(24)27-16/h3-9H,2H2,1H3,(H,22,23,24)/b16-7+. The number of carbonyl (C=O) groups excluding carboxylic acids is 2. The van der Waals surface area contributed by atoms with E-state index < -0.39 is 11.1 Å². The Labute approximate surface area is 163 Å². The molecular formula is C19H13ClN2O4S. The highest BCUT2D eigenvalue weighted by Crippen LogP contribution is 2.35. The summed E-state index contributed by atoms with van der Waals surface area (Å²) < 4.78 is 11.4. The molecule has 0 unspecified atom stereocenters. The van der Waals surface area contributed by atoms with Gasteiger partial charge in [0.05, 0.1) is 16.5 Å². The highest BCUT2D eigenvalue weighted by Gasteiger charge is 2.25. The van der Waals surface area contributed by atoms with Crippen LogP contribution in [0.5, 0.6) is 5.75 Å². The average molecular weight is 401 g/mol. The van der Waals surface area contributed by atoms with E-state index in [9.17, 15) is 9.59 Å². The van der Waals surface area contributed by atoms with Crippen molar-refractivity contribution < 1.29 is 18.7 Å². The van der Waals surface area contributed by atoms with Crippen molar-refractivity contribution in [1.82, 2.24) is 10.3 Å². The maximum Gasteiger partial charge on any atom is 0.290 e. The van der Waals surface area contributed by atoms with Crippen molar-refractivity contribution in [3.63, 3.8) is 0 Å². The number of halogens is 1. The molecule has 4 rings (SSSR count). The molecule has 1 aliphatic rings. The second-order valence-electron chi connectivity index (χ2n) is 5.68. The number of ether oxygens (including phenoxy) is 1. The molecule has 27 heavy (non-hydrogen) atoms. The van der Waals surface area contributed by atoms with Crippen LogP contribution in [-0.2, 0) is 4.79 Å². The van der Waals surface area contributed by atoms with Crippen molar-refractivity contribution in [3.05, 3.63) is 52.3 Å². The summed E-state index contributed by atoms with van der Waals surface area (Å²) in [5.74, 6) is 0.646. The quantitative estimate of drug-likeness (QED) is 0.629. The van der Waals surface area contributed by atoms with E-state index in [0.29, 0.717) is 28.7 Å². The van der Waals surface area contributed by atoms with Gasteiger partial charge in [-0.2, -0.15) is 0 Å². The molecular weight excluding hydrogens is 388 g/mol. The van der Waals surface area contributed by atoms with Gasteiger partial charge in [0.2, 0.25) is 0 Å². The van der Waals surface area contributed by atoms with Crippen LogP contribution >= 0.6 is 23.4 Å². The summed E-state index contributed by atoms with van der Waals surface area (Å²) in [6, 6.07) is 7.25. The number of hydrogen-bond acceptors (Lipinski definition) is 6. The predicted molar refractivity (Wildman–Crippen MR) is 105 cm³/mol. The number of amides is 2. The smallest absolute Gasteiger partial charge is 0.290 e. The summed E-state index contributed by atoms with van der Waals surface area (Å²) in [4.78, 5) is 27.6. The minimum atomic E-state index is -0.429. The van der Waals surface area contributed by atoms with Gasteiger partial charge in [0.1, 0.15) is 17.1 Å². The molecule has 3 heterocycles. The Morgan fingerprint density at radius 3 is 2.85 bits per heavy atom. The number of carbonyl (C=O) groups is 2. The van der Waals surface area contributed by atoms with E-state index in [2.05, 4.69) is 10.3 Å². The largest absolute Gasteiger partial charge is 0.492 e. The molecule has 1 aromatic carbocycles. The highest BCUT2D eigenvalue weighted by atomic mass is 35.5. The molecule has 0 atom stereocenters. The van der Waals surface area contributed by atoms with Crippen molar-refractivity contribution in [3.8, 4) is 16.9 Å². The summed E-state index contributed by atoms with van der Waals surface area (Å²) in [6.07, 6.45) is 4.91. The van der Waals surface area contributed by atoms with E-state index in [1.54, 1.807) is 36.7 Å². The lowest BCUT2D eigenvalue weighted by molar-refractivity contribution is -0.115. The molecule has 0 aliphatic carbocycles. The second kappa shape index (κ2) is 7.09. The average Bonchev–Trinajstić information content (AvgIpc) is 3.19. The number of nitrogens with one attached hydrogen (secondary N) is 1. The Morgan fingerprint density at radius 2 is 2.15 bits per heavy atom. The van der Waals surface area contributed by atoms with Crippen molar-refractivity contribution in [1.29, 1.82) is 0 Å². The minimum Gasteiger partial charge on any atom is -0.492 e. The first-order chi connectivity index (χ1) is 13.0. The van der Waals surface area contributed by atoms with Crippen LogP contribution in [0, 0.1) is 0 Å². The molecule has 6 nitrogen and oxygen atoms in total. The number of hydrogen-bond donors (Lipinski definition) is 1. The third kappa shape index (κ3) is 3.43. The van der Waals surface area contributed by atoms with E-state index >= 15 is 0 Å². The zero-order valence-electron chi connectivity index (χ0n) is 14.1. The molecule has 0 bridgehead atoms. The lowest BCUT2D eigenvalue weighted by Crippen LogP contribution is -2.17. The van der Waals surface area contributed by atoms with Crippen LogP contribution in [-0.4, -0.2) is 22.7 Å². The monoisotopic (exact) mass is 400 g/mol. The first kappa shape index (κ1) is 17.6. The predicted octanol–water partition coefficient (Wildman–Crippen LogP) is 4.87. The first-order valence-corrected chi connectivity index (χ1v) is 9.29. The van der Waals surface area contributed by atoms with Crippen molar-refractivity contribution >= 4 is 51.6 Å². The number of imide groups is 1. The number of nitrogens with zero attached hydrogens (tertiary/aromatic N) is 1. The maximum absolute atomic E-state index is 11.7. The van der Waals surface area contributed by atoms with Crippen LogP contribution in [0.15, 0.2) is 46.0 Å². The van der Waals surface area contributed by atoms with Gasteiger partial charge < -0.3 is 9.15 Å². The van der Waals surface area contributed by atoms with Gasteiger partial charge in [-0.3, -0.25) is 19.9 Å². The third-order valence-corrected chi connectivity index (χ3v) is 5.01. The number of rotatable bonds is 4. The maximum atomic E-state index is 11.7. The van der Waals surface area contributed by atoms with E-state index in [1.165, 1.54) is 0 Å². The third-order valence-electron chi connectivity index (χ3n) is 3.90. The van der Waals surface area contributed by atoms with Crippen LogP contribution < -0.4 is 10.1 Å². The summed E-state index contributed by atoms with van der Waals surface area (Å²) in [5.41, 5.74) is 2.21. The number of thioether (sulfide) groups is 1. The van der Waals surface area contributed by atoms with E-state index in [0.717, 1.165) is 28.3 Å². The Hall–Kier alpha value is -2.77. The molecule has 0 saturated carbocycles. The number of furan rings is 1. The summed E-state index contributed by atoms with van der Waals surface area (Å²) in [7, 11) is 0. The van der Waals surface area contributed by atoms with E-state index in [-0.39, 0.29) is 4.91 Å². The van der Waals surface area contributed by atoms with Crippen LogP contribution in [0.3, 0.4) is 0 Å². The molecule has 0 radical (unpaired) electrons.